The fourth-order valence-corrected chi connectivity index (χ4v) is 3.53. The van der Waals surface area contributed by atoms with E-state index in [4.69, 9.17) is 11.6 Å². The molecule has 0 N–H and O–H groups in total. The SMILES string of the molecule is CN(CC1CCCCC1)c1ccc(Cl)cc1CBr. The molecule has 18 heavy (non-hydrogen) atoms. The number of rotatable bonds is 4. The maximum atomic E-state index is 6.05. The van der Waals surface area contributed by atoms with Crippen LogP contribution in [0.2, 0.25) is 5.02 Å². The Morgan fingerprint density at radius 2 is 2.00 bits per heavy atom. The molecule has 0 saturated heterocycles. The van der Waals surface area contributed by atoms with E-state index in [9.17, 15) is 0 Å². The Labute approximate surface area is 124 Å². The highest BCUT2D eigenvalue weighted by molar-refractivity contribution is 9.08. The zero-order chi connectivity index (χ0) is 13.0. The minimum absolute atomic E-state index is 0.819. The predicted octanol–water partition coefficient (Wildman–Crippen LogP) is 5.25. The third kappa shape index (κ3) is 3.64. The van der Waals surface area contributed by atoms with Gasteiger partial charge >= 0.3 is 0 Å². The number of nitrogens with zero attached hydrogens (tertiary/aromatic N) is 1. The van der Waals surface area contributed by atoms with E-state index in [2.05, 4.69) is 40.0 Å². The van der Waals surface area contributed by atoms with Crippen molar-refractivity contribution in [3.8, 4) is 0 Å². The molecule has 0 bridgehead atoms. The van der Waals surface area contributed by atoms with Crippen LogP contribution in [0.4, 0.5) is 5.69 Å². The van der Waals surface area contributed by atoms with E-state index in [1.807, 2.05) is 6.07 Å². The van der Waals surface area contributed by atoms with Gasteiger partial charge in [0.05, 0.1) is 0 Å². The molecule has 1 aliphatic rings. The van der Waals surface area contributed by atoms with Crippen molar-refractivity contribution in [2.45, 2.75) is 37.4 Å². The van der Waals surface area contributed by atoms with Crippen molar-refractivity contribution in [1.82, 2.24) is 0 Å². The summed E-state index contributed by atoms with van der Waals surface area (Å²) in [6, 6.07) is 6.19. The minimum atomic E-state index is 0.819. The van der Waals surface area contributed by atoms with E-state index in [0.29, 0.717) is 0 Å². The van der Waals surface area contributed by atoms with Gasteiger partial charge in [0, 0.05) is 29.6 Å². The Morgan fingerprint density at radius 3 is 2.67 bits per heavy atom. The third-order valence-electron chi connectivity index (χ3n) is 3.85. The maximum Gasteiger partial charge on any atom is 0.0410 e. The van der Waals surface area contributed by atoms with Crippen LogP contribution in [0.5, 0.6) is 0 Å². The van der Waals surface area contributed by atoms with Crippen LogP contribution in [0, 0.1) is 5.92 Å². The van der Waals surface area contributed by atoms with Gasteiger partial charge in [-0.05, 0) is 42.5 Å². The fourth-order valence-electron chi connectivity index (χ4n) is 2.89. The highest BCUT2D eigenvalue weighted by Crippen LogP contribution is 2.29. The summed E-state index contributed by atoms with van der Waals surface area (Å²) in [5.41, 5.74) is 2.59. The van der Waals surface area contributed by atoms with Crippen molar-refractivity contribution in [1.29, 1.82) is 0 Å². The summed E-state index contributed by atoms with van der Waals surface area (Å²) in [4.78, 5) is 2.39. The van der Waals surface area contributed by atoms with E-state index in [1.54, 1.807) is 0 Å². The molecular formula is C15H21BrClN. The molecule has 0 radical (unpaired) electrons. The predicted molar refractivity (Wildman–Crippen MR) is 83.9 cm³/mol. The smallest absolute Gasteiger partial charge is 0.0410 e. The van der Waals surface area contributed by atoms with Gasteiger partial charge in [0.1, 0.15) is 0 Å². The lowest BCUT2D eigenvalue weighted by Crippen LogP contribution is -2.27. The number of alkyl halides is 1. The second-order valence-electron chi connectivity index (χ2n) is 5.29. The standard InChI is InChI=1S/C15H21BrClN/c1-18(11-12-5-3-2-4-6-12)15-8-7-14(17)9-13(15)10-16/h7-9,12H,2-6,10-11H2,1H3. The van der Waals surface area contributed by atoms with Gasteiger partial charge in [0.15, 0.2) is 0 Å². The number of hydrogen-bond donors (Lipinski definition) is 0. The van der Waals surface area contributed by atoms with Crippen molar-refractivity contribution in [2.24, 2.45) is 5.92 Å². The van der Waals surface area contributed by atoms with Crippen LogP contribution in [-0.2, 0) is 5.33 Å². The number of anilines is 1. The van der Waals surface area contributed by atoms with E-state index in [1.165, 1.54) is 49.9 Å². The molecule has 2 rings (SSSR count). The molecule has 1 saturated carbocycles. The molecule has 1 aromatic carbocycles. The van der Waals surface area contributed by atoms with Crippen molar-refractivity contribution < 1.29 is 0 Å². The van der Waals surface area contributed by atoms with Gasteiger partial charge < -0.3 is 4.90 Å². The molecule has 1 aliphatic carbocycles. The molecule has 3 heteroatoms. The van der Waals surface area contributed by atoms with Crippen molar-refractivity contribution in [2.75, 3.05) is 18.5 Å². The maximum absolute atomic E-state index is 6.05. The normalized spacial score (nSPS) is 16.8. The Balaban J connectivity index is 2.05. The molecule has 0 amide bonds. The Bertz CT molecular complexity index is 388. The fraction of sp³-hybridized carbons (Fsp3) is 0.600. The molecule has 0 aliphatic heterocycles. The minimum Gasteiger partial charge on any atom is -0.374 e. The molecule has 0 aromatic heterocycles. The van der Waals surface area contributed by atoms with Crippen LogP contribution < -0.4 is 4.90 Å². The quantitative estimate of drug-likeness (QED) is 0.681. The van der Waals surface area contributed by atoms with Gasteiger partial charge in [0.25, 0.3) is 0 Å². The first-order valence-corrected chi connectivity index (χ1v) is 8.26. The highest BCUT2D eigenvalue weighted by atomic mass is 79.9. The van der Waals surface area contributed by atoms with Crippen LogP contribution in [0.15, 0.2) is 18.2 Å². The lowest BCUT2D eigenvalue weighted by molar-refractivity contribution is 0.362. The first-order chi connectivity index (χ1) is 8.70. The summed E-state index contributed by atoms with van der Waals surface area (Å²) in [6.07, 6.45) is 7.02. The first kappa shape index (κ1) is 14.2. The van der Waals surface area contributed by atoms with Gasteiger partial charge in [0.2, 0.25) is 0 Å². The van der Waals surface area contributed by atoms with Crippen LogP contribution in [0.1, 0.15) is 37.7 Å². The van der Waals surface area contributed by atoms with Gasteiger partial charge in [-0.15, -0.1) is 0 Å². The molecule has 100 valence electrons. The average Bonchev–Trinajstić information content (AvgIpc) is 2.39. The summed E-state index contributed by atoms with van der Waals surface area (Å²) in [5.74, 6) is 0.864. The van der Waals surface area contributed by atoms with Crippen LogP contribution >= 0.6 is 27.5 Å². The summed E-state index contributed by atoms with van der Waals surface area (Å²) in [6.45, 7) is 1.17. The topological polar surface area (TPSA) is 3.24 Å². The van der Waals surface area contributed by atoms with Gasteiger partial charge in [-0.3, -0.25) is 0 Å². The number of benzene rings is 1. The van der Waals surface area contributed by atoms with E-state index < -0.39 is 0 Å². The monoisotopic (exact) mass is 329 g/mol. The summed E-state index contributed by atoms with van der Waals surface area (Å²) >= 11 is 9.60. The summed E-state index contributed by atoms with van der Waals surface area (Å²) in [7, 11) is 2.20. The Hall–Kier alpha value is -0.210. The molecule has 0 heterocycles. The lowest BCUT2D eigenvalue weighted by Gasteiger charge is -2.29. The summed E-state index contributed by atoms with van der Waals surface area (Å²) < 4.78 is 0. The molecule has 0 unspecified atom stereocenters. The second kappa shape index (κ2) is 6.81. The third-order valence-corrected chi connectivity index (χ3v) is 4.69. The zero-order valence-corrected chi connectivity index (χ0v) is 13.3. The van der Waals surface area contributed by atoms with Crippen molar-refractivity contribution >= 4 is 33.2 Å². The molecule has 0 atom stereocenters. The molecule has 0 spiro atoms. The van der Waals surface area contributed by atoms with E-state index in [0.717, 1.165) is 16.3 Å². The van der Waals surface area contributed by atoms with Crippen LogP contribution in [0.3, 0.4) is 0 Å². The zero-order valence-electron chi connectivity index (χ0n) is 11.0. The largest absolute Gasteiger partial charge is 0.374 e. The molecule has 1 fully saturated rings. The highest BCUT2D eigenvalue weighted by Gasteiger charge is 2.16. The van der Waals surface area contributed by atoms with Gasteiger partial charge in [-0.1, -0.05) is 46.8 Å². The van der Waals surface area contributed by atoms with Crippen molar-refractivity contribution in [3.63, 3.8) is 0 Å². The Kier molecular flexibility index (Phi) is 5.38. The Morgan fingerprint density at radius 1 is 1.28 bits per heavy atom. The van der Waals surface area contributed by atoms with Crippen LogP contribution in [-0.4, -0.2) is 13.6 Å². The molecule has 1 aromatic rings. The number of hydrogen-bond acceptors (Lipinski definition) is 1. The van der Waals surface area contributed by atoms with Crippen molar-refractivity contribution in [3.05, 3.63) is 28.8 Å². The van der Waals surface area contributed by atoms with E-state index in [-0.39, 0.29) is 0 Å². The lowest BCUT2D eigenvalue weighted by atomic mass is 9.89. The summed E-state index contributed by atoms with van der Waals surface area (Å²) in [5, 5.41) is 1.68. The van der Waals surface area contributed by atoms with Crippen LogP contribution in [0.25, 0.3) is 0 Å². The van der Waals surface area contributed by atoms with Gasteiger partial charge in [-0.25, -0.2) is 0 Å². The van der Waals surface area contributed by atoms with E-state index >= 15 is 0 Å². The molecular weight excluding hydrogens is 310 g/mol. The number of halogens is 2. The van der Waals surface area contributed by atoms with Gasteiger partial charge in [-0.2, -0.15) is 0 Å². The average molecular weight is 331 g/mol. The first-order valence-electron chi connectivity index (χ1n) is 6.76. The second-order valence-corrected chi connectivity index (χ2v) is 6.29. The molecule has 1 nitrogen and oxygen atoms in total.